The number of terminal acetylenes is 1. The molecule has 264 valence electrons. The van der Waals surface area contributed by atoms with Crippen molar-refractivity contribution in [1.29, 1.82) is 5.41 Å². The molecule has 0 radical (unpaired) electrons. The first-order chi connectivity index (χ1) is 22.6. The maximum atomic E-state index is 13.4. The van der Waals surface area contributed by atoms with Crippen molar-refractivity contribution in [3.63, 3.8) is 0 Å². The number of fused-ring (bicyclic) bond motifs is 1. The van der Waals surface area contributed by atoms with E-state index in [-0.39, 0.29) is 18.2 Å². The van der Waals surface area contributed by atoms with Gasteiger partial charge in [0.25, 0.3) is 5.97 Å². The minimum atomic E-state index is -4.97. The Morgan fingerprint density at radius 2 is 1.48 bits per heavy atom. The predicted octanol–water partition coefficient (Wildman–Crippen LogP) is 7.49. The number of para-hydroxylation sites is 1. The van der Waals surface area contributed by atoms with E-state index in [0.717, 1.165) is 37.2 Å². The predicted molar refractivity (Wildman–Crippen MR) is 177 cm³/mol. The van der Waals surface area contributed by atoms with Crippen molar-refractivity contribution >= 4 is 28.6 Å². The Hall–Kier alpha value is -4.51. The van der Waals surface area contributed by atoms with Crippen LogP contribution in [0.25, 0.3) is 10.9 Å². The molecule has 0 saturated heterocycles. The van der Waals surface area contributed by atoms with Crippen LogP contribution in [0.2, 0.25) is 0 Å². The van der Waals surface area contributed by atoms with Crippen molar-refractivity contribution in [2.75, 3.05) is 25.0 Å². The lowest BCUT2D eigenvalue weighted by Gasteiger charge is -2.32. The van der Waals surface area contributed by atoms with Gasteiger partial charge in [-0.3, -0.25) is 10.2 Å². The molecule has 1 heterocycles. The lowest BCUT2D eigenvalue weighted by Crippen LogP contribution is -2.37. The number of halogens is 6. The van der Waals surface area contributed by atoms with Gasteiger partial charge in [0.15, 0.2) is 5.96 Å². The number of hydrogen-bond acceptors (Lipinski definition) is 5. The summed E-state index contributed by atoms with van der Waals surface area (Å²) in [5.74, 6) is -0.122. The molecule has 0 atom stereocenters. The summed E-state index contributed by atoms with van der Waals surface area (Å²) in [6.07, 6.45) is 3.89. The van der Waals surface area contributed by atoms with E-state index in [4.69, 9.17) is 26.0 Å². The van der Waals surface area contributed by atoms with Crippen LogP contribution in [0.15, 0.2) is 48.5 Å². The molecule has 0 spiro atoms. The average molecular weight is 683 g/mol. The SMILES string of the molecule is C#C.CC(=O)O.CCN(CC1CCCCC1)c1nc2ccccc2cc1CN(Cc1cc(C(F)(F)F)cc(C(F)(F)F)c1)C(=N)N.CN. The van der Waals surface area contributed by atoms with E-state index in [9.17, 15) is 26.3 Å². The Bertz CT molecular complexity index is 1450. The number of guanidine groups is 1. The van der Waals surface area contributed by atoms with Crippen LogP contribution in [0, 0.1) is 24.2 Å². The summed E-state index contributed by atoms with van der Waals surface area (Å²) in [5, 5.41) is 16.4. The number of alkyl halides is 6. The molecule has 1 saturated carbocycles. The molecule has 1 aliphatic rings. The van der Waals surface area contributed by atoms with E-state index in [0.29, 0.717) is 36.0 Å². The van der Waals surface area contributed by atoms with E-state index in [2.05, 4.69) is 23.5 Å². The molecule has 8 nitrogen and oxygen atoms in total. The second kappa shape index (κ2) is 19.3. The maximum absolute atomic E-state index is 13.4. The summed E-state index contributed by atoms with van der Waals surface area (Å²) >= 11 is 0. The van der Waals surface area contributed by atoms with Gasteiger partial charge in [0, 0.05) is 44.1 Å². The second-order valence-corrected chi connectivity index (χ2v) is 10.9. The summed E-state index contributed by atoms with van der Waals surface area (Å²) in [7, 11) is 1.50. The van der Waals surface area contributed by atoms with Crippen LogP contribution in [0.4, 0.5) is 32.2 Å². The highest BCUT2D eigenvalue weighted by Crippen LogP contribution is 2.37. The van der Waals surface area contributed by atoms with Gasteiger partial charge in [-0.25, -0.2) is 4.98 Å². The third kappa shape index (κ3) is 12.9. The highest BCUT2D eigenvalue weighted by Gasteiger charge is 2.37. The van der Waals surface area contributed by atoms with E-state index < -0.39 is 42.0 Å². The van der Waals surface area contributed by atoms with Gasteiger partial charge in [0.1, 0.15) is 5.82 Å². The van der Waals surface area contributed by atoms with Gasteiger partial charge in [0.2, 0.25) is 0 Å². The molecule has 2 aromatic carbocycles. The van der Waals surface area contributed by atoms with Crippen LogP contribution >= 0.6 is 0 Å². The number of nitrogens with one attached hydrogen (secondary N) is 1. The Labute approximate surface area is 277 Å². The first-order valence-electron chi connectivity index (χ1n) is 15.2. The fourth-order valence-electron chi connectivity index (χ4n) is 5.35. The number of hydrogen-bond donors (Lipinski definition) is 4. The highest BCUT2D eigenvalue weighted by molar-refractivity contribution is 5.82. The third-order valence-corrected chi connectivity index (χ3v) is 7.39. The number of aromatic nitrogens is 1. The molecular formula is C34H44F6N6O2. The molecule has 4 rings (SSSR count). The van der Waals surface area contributed by atoms with Crippen molar-refractivity contribution in [3.8, 4) is 12.8 Å². The number of nitrogens with zero attached hydrogens (tertiary/aromatic N) is 3. The van der Waals surface area contributed by atoms with E-state index in [1.54, 1.807) is 0 Å². The second-order valence-electron chi connectivity index (χ2n) is 10.9. The third-order valence-electron chi connectivity index (χ3n) is 7.39. The summed E-state index contributed by atoms with van der Waals surface area (Å²) in [4.78, 5) is 17.3. The number of anilines is 1. The zero-order valence-corrected chi connectivity index (χ0v) is 27.3. The Kier molecular flexibility index (Phi) is 16.7. The van der Waals surface area contributed by atoms with Crippen molar-refractivity contribution in [2.45, 2.75) is 71.4 Å². The molecule has 14 heteroatoms. The Morgan fingerprint density at radius 1 is 0.958 bits per heavy atom. The molecule has 3 aromatic rings. The van der Waals surface area contributed by atoms with Crippen LogP contribution in [0.5, 0.6) is 0 Å². The number of benzene rings is 2. The molecular weight excluding hydrogens is 638 g/mol. The van der Waals surface area contributed by atoms with E-state index in [1.807, 2.05) is 37.3 Å². The normalized spacial score (nSPS) is 13.1. The monoisotopic (exact) mass is 682 g/mol. The molecule has 48 heavy (non-hydrogen) atoms. The lowest BCUT2D eigenvalue weighted by atomic mass is 9.89. The van der Waals surface area contributed by atoms with Gasteiger partial charge in [-0.2, -0.15) is 26.3 Å². The largest absolute Gasteiger partial charge is 0.481 e. The van der Waals surface area contributed by atoms with Crippen molar-refractivity contribution in [2.24, 2.45) is 17.4 Å². The quantitative estimate of drug-likeness (QED) is 0.0838. The van der Waals surface area contributed by atoms with E-state index >= 15 is 0 Å². The number of pyridine rings is 1. The van der Waals surface area contributed by atoms with Gasteiger partial charge in [-0.15, -0.1) is 12.8 Å². The fourth-order valence-corrected chi connectivity index (χ4v) is 5.35. The molecule has 0 bridgehead atoms. The lowest BCUT2D eigenvalue weighted by molar-refractivity contribution is -0.143. The number of rotatable bonds is 8. The zero-order chi connectivity index (χ0) is 36.7. The van der Waals surface area contributed by atoms with Gasteiger partial charge < -0.3 is 26.4 Å². The van der Waals surface area contributed by atoms with Crippen LogP contribution < -0.4 is 16.4 Å². The van der Waals surface area contributed by atoms with Crippen LogP contribution in [-0.2, 0) is 30.2 Å². The molecule has 0 aliphatic heterocycles. The minimum absolute atomic E-state index is 0.0126. The summed E-state index contributed by atoms with van der Waals surface area (Å²) < 4.78 is 80.6. The van der Waals surface area contributed by atoms with Gasteiger partial charge >= 0.3 is 12.4 Å². The van der Waals surface area contributed by atoms with Crippen LogP contribution in [0.3, 0.4) is 0 Å². The van der Waals surface area contributed by atoms with Crippen molar-refractivity contribution < 1.29 is 36.2 Å². The van der Waals surface area contributed by atoms with Gasteiger partial charge in [-0.1, -0.05) is 37.5 Å². The smallest absolute Gasteiger partial charge is 0.416 e. The minimum Gasteiger partial charge on any atom is -0.481 e. The number of carboxylic acid groups (broad SMARTS) is 1. The molecule has 1 fully saturated rings. The van der Waals surface area contributed by atoms with E-state index in [1.165, 1.54) is 31.2 Å². The molecule has 1 aliphatic carbocycles. The summed E-state index contributed by atoms with van der Waals surface area (Å²) in [6.45, 7) is 4.13. The molecule has 1 aromatic heterocycles. The topological polar surface area (TPSA) is 133 Å². The Balaban J connectivity index is 0.00000132. The average Bonchev–Trinajstić information content (AvgIpc) is 3.04. The fraction of sp³-hybridized carbons (Fsp3) is 0.441. The van der Waals surface area contributed by atoms with Crippen molar-refractivity contribution in [1.82, 2.24) is 9.88 Å². The number of aliphatic carboxylic acids is 1. The first-order valence-corrected chi connectivity index (χ1v) is 15.2. The van der Waals surface area contributed by atoms with Crippen LogP contribution in [-0.4, -0.2) is 47.1 Å². The standard InChI is InChI=1S/C29H33F6N5.C2H4O2.C2H2.CH5N/c1-2-39(16-19-8-4-3-5-9-19)26-22(14-21-10-6-7-11-25(21)38-26)18-40(27(36)37)17-20-12-23(28(30,31)32)15-24(13-20)29(33,34)35;1-2(3)4;2*1-2/h6-7,10-15,19H,2-5,8-9,16-18H2,1H3,(H3,36,37);1H3,(H,3,4);1-2H;2H2,1H3. The molecule has 0 amide bonds. The number of carboxylic acids is 1. The zero-order valence-electron chi connectivity index (χ0n) is 27.3. The van der Waals surface area contributed by atoms with Gasteiger partial charge in [0.05, 0.1) is 16.6 Å². The first kappa shape index (κ1) is 41.5. The molecule has 6 N–H and O–H groups in total. The molecule has 0 unspecified atom stereocenters. The number of nitrogens with two attached hydrogens (primary N) is 2. The highest BCUT2D eigenvalue weighted by atomic mass is 19.4. The van der Waals surface area contributed by atoms with Crippen LogP contribution in [0.1, 0.15) is 68.2 Å². The number of carbonyl (C=O) groups is 1. The summed E-state index contributed by atoms with van der Waals surface area (Å²) in [6, 6.07) is 10.9. The summed E-state index contributed by atoms with van der Waals surface area (Å²) in [5.41, 5.74) is 8.73. The van der Waals surface area contributed by atoms with Crippen molar-refractivity contribution in [3.05, 3.63) is 70.8 Å². The van der Waals surface area contributed by atoms with Gasteiger partial charge in [-0.05, 0) is 68.6 Å². The Morgan fingerprint density at radius 3 is 1.96 bits per heavy atom. The maximum Gasteiger partial charge on any atom is 0.416 e.